The molecule has 0 fully saturated rings. The van der Waals surface area contributed by atoms with Crippen LogP contribution in [0.15, 0.2) is 47.4 Å². The number of nitrogens with two attached hydrogens (primary N) is 1. The van der Waals surface area contributed by atoms with Gasteiger partial charge in [-0.1, -0.05) is 29.8 Å². The Balaban J connectivity index is 2.26. The van der Waals surface area contributed by atoms with E-state index in [-0.39, 0.29) is 6.04 Å². The smallest absolute Gasteiger partial charge is 0.140 e. The van der Waals surface area contributed by atoms with Gasteiger partial charge in [0.25, 0.3) is 0 Å². The fourth-order valence-corrected chi connectivity index (χ4v) is 2.64. The predicted octanol–water partition coefficient (Wildman–Crippen LogP) is 4.87. The van der Waals surface area contributed by atoms with E-state index >= 15 is 0 Å². The highest BCUT2D eigenvalue weighted by Gasteiger charge is 2.08. The van der Waals surface area contributed by atoms with Crippen LogP contribution in [0.3, 0.4) is 0 Å². The van der Waals surface area contributed by atoms with Crippen molar-refractivity contribution in [2.45, 2.75) is 17.9 Å². The normalized spacial score (nSPS) is 12.2. The summed E-state index contributed by atoms with van der Waals surface area (Å²) in [5, 5.41) is 0.633. The molecule has 0 aliphatic heterocycles. The first-order chi connectivity index (χ1) is 9.11. The van der Waals surface area contributed by atoms with E-state index in [1.807, 2.05) is 49.6 Å². The second-order valence-electron chi connectivity index (χ2n) is 4.22. The van der Waals surface area contributed by atoms with Crippen molar-refractivity contribution < 1.29 is 4.74 Å². The van der Waals surface area contributed by atoms with Gasteiger partial charge in [-0.15, -0.1) is 11.8 Å². The fourth-order valence-electron chi connectivity index (χ4n) is 1.77. The SMILES string of the molecule is CSc1ccccc1Oc1ccc(C(C)N)c(Cl)c1. The van der Waals surface area contributed by atoms with E-state index in [2.05, 4.69) is 0 Å². The lowest BCUT2D eigenvalue weighted by Crippen LogP contribution is -2.05. The van der Waals surface area contributed by atoms with E-state index in [4.69, 9.17) is 22.1 Å². The van der Waals surface area contributed by atoms with Gasteiger partial charge >= 0.3 is 0 Å². The Kier molecular flexibility index (Phi) is 4.75. The molecule has 2 rings (SSSR count). The molecule has 0 bridgehead atoms. The van der Waals surface area contributed by atoms with Crippen molar-refractivity contribution in [3.63, 3.8) is 0 Å². The molecule has 2 nitrogen and oxygen atoms in total. The number of hydrogen-bond donors (Lipinski definition) is 1. The van der Waals surface area contributed by atoms with Crippen molar-refractivity contribution >= 4 is 23.4 Å². The van der Waals surface area contributed by atoms with Gasteiger partial charge in [0, 0.05) is 16.0 Å². The molecule has 0 spiro atoms. The molecule has 0 heterocycles. The second-order valence-corrected chi connectivity index (χ2v) is 5.48. The third-order valence-corrected chi connectivity index (χ3v) is 3.86. The molecule has 100 valence electrons. The summed E-state index contributed by atoms with van der Waals surface area (Å²) in [5.74, 6) is 1.55. The van der Waals surface area contributed by atoms with Crippen molar-refractivity contribution in [2.75, 3.05) is 6.26 Å². The van der Waals surface area contributed by atoms with Crippen LogP contribution in [-0.2, 0) is 0 Å². The maximum atomic E-state index is 6.20. The van der Waals surface area contributed by atoms with Gasteiger partial charge in [-0.2, -0.15) is 0 Å². The first-order valence-corrected chi connectivity index (χ1v) is 7.58. The lowest BCUT2D eigenvalue weighted by Gasteiger charge is -2.12. The topological polar surface area (TPSA) is 35.2 Å². The Morgan fingerprint density at radius 3 is 2.58 bits per heavy atom. The Bertz CT molecular complexity index is 572. The van der Waals surface area contributed by atoms with E-state index in [9.17, 15) is 0 Å². The summed E-state index contributed by atoms with van der Waals surface area (Å²) in [6, 6.07) is 13.4. The minimum atomic E-state index is -0.0833. The Labute approximate surface area is 122 Å². The van der Waals surface area contributed by atoms with Gasteiger partial charge in [0.2, 0.25) is 0 Å². The molecule has 0 saturated carbocycles. The number of halogens is 1. The monoisotopic (exact) mass is 293 g/mol. The van der Waals surface area contributed by atoms with Crippen LogP contribution < -0.4 is 10.5 Å². The zero-order valence-corrected chi connectivity index (χ0v) is 12.5. The molecule has 4 heteroatoms. The minimum absolute atomic E-state index is 0.0833. The van der Waals surface area contributed by atoms with Crippen LogP contribution in [0.1, 0.15) is 18.5 Å². The van der Waals surface area contributed by atoms with Gasteiger partial charge in [0.15, 0.2) is 0 Å². The summed E-state index contributed by atoms with van der Waals surface area (Å²) in [4.78, 5) is 1.09. The van der Waals surface area contributed by atoms with Crippen LogP contribution in [0.2, 0.25) is 5.02 Å². The number of rotatable bonds is 4. The van der Waals surface area contributed by atoms with Gasteiger partial charge in [-0.3, -0.25) is 0 Å². The molecule has 0 saturated heterocycles. The largest absolute Gasteiger partial charge is 0.456 e. The molecule has 0 aromatic heterocycles. The van der Waals surface area contributed by atoms with Crippen LogP contribution in [0.25, 0.3) is 0 Å². The molecule has 2 aromatic rings. The molecule has 19 heavy (non-hydrogen) atoms. The Morgan fingerprint density at radius 2 is 1.95 bits per heavy atom. The molecule has 2 N–H and O–H groups in total. The van der Waals surface area contributed by atoms with E-state index in [1.54, 1.807) is 17.8 Å². The second kappa shape index (κ2) is 6.33. The maximum absolute atomic E-state index is 6.20. The van der Waals surface area contributed by atoms with Crippen molar-refractivity contribution in [3.05, 3.63) is 53.1 Å². The molecule has 1 unspecified atom stereocenters. The predicted molar refractivity (Wildman–Crippen MR) is 82.4 cm³/mol. The van der Waals surface area contributed by atoms with Crippen LogP contribution in [0.4, 0.5) is 0 Å². The summed E-state index contributed by atoms with van der Waals surface area (Å²) in [5.41, 5.74) is 6.76. The lowest BCUT2D eigenvalue weighted by molar-refractivity contribution is 0.471. The van der Waals surface area contributed by atoms with Gasteiger partial charge in [-0.05, 0) is 43.0 Å². The third-order valence-electron chi connectivity index (χ3n) is 2.76. The molecular weight excluding hydrogens is 278 g/mol. The summed E-state index contributed by atoms with van der Waals surface area (Å²) < 4.78 is 5.87. The van der Waals surface area contributed by atoms with Crippen molar-refractivity contribution in [3.8, 4) is 11.5 Å². The van der Waals surface area contributed by atoms with Gasteiger partial charge in [-0.25, -0.2) is 0 Å². The van der Waals surface area contributed by atoms with Crippen molar-refractivity contribution in [2.24, 2.45) is 5.73 Å². The lowest BCUT2D eigenvalue weighted by atomic mass is 10.1. The Hall–Kier alpha value is -1.16. The number of hydrogen-bond acceptors (Lipinski definition) is 3. The summed E-state index contributed by atoms with van der Waals surface area (Å²) >= 11 is 7.85. The number of ether oxygens (including phenoxy) is 1. The van der Waals surface area contributed by atoms with Crippen LogP contribution in [0, 0.1) is 0 Å². The van der Waals surface area contributed by atoms with Gasteiger partial charge < -0.3 is 10.5 Å². The zero-order valence-electron chi connectivity index (χ0n) is 10.9. The highest BCUT2D eigenvalue weighted by Crippen LogP contribution is 2.33. The van der Waals surface area contributed by atoms with Crippen molar-refractivity contribution in [1.29, 1.82) is 0 Å². The van der Waals surface area contributed by atoms with E-state index in [0.717, 1.165) is 22.0 Å². The summed E-state index contributed by atoms with van der Waals surface area (Å²) in [6.07, 6.45) is 2.02. The van der Waals surface area contributed by atoms with Crippen LogP contribution >= 0.6 is 23.4 Å². The first kappa shape index (κ1) is 14.3. The number of para-hydroxylation sites is 1. The van der Waals surface area contributed by atoms with Crippen LogP contribution in [0.5, 0.6) is 11.5 Å². The highest BCUT2D eigenvalue weighted by atomic mass is 35.5. The van der Waals surface area contributed by atoms with Gasteiger partial charge in [0.05, 0.1) is 0 Å². The number of thioether (sulfide) groups is 1. The molecule has 0 amide bonds. The van der Waals surface area contributed by atoms with E-state index in [0.29, 0.717) is 5.02 Å². The third kappa shape index (κ3) is 3.44. The molecule has 2 aromatic carbocycles. The van der Waals surface area contributed by atoms with Crippen molar-refractivity contribution in [1.82, 2.24) is 0 Å². The average Bonchev–Trinajstić information content (AvgIpc) is 2.39. The molecular formula is C15H16ClNOS. The molecule has 0 aliphatic rings. The standard InChI is InChI=1S/C15H16ClNOS/c1-10(17)12-8-7-11(9-13(12)16)18-14-5-3-4-6-15(14)19-2/h3-10H,17H2,1-2H3. The Morgan fingerprint density at radius 1 is 1.21 bits per heavy atom. The highest BCUT2D eigenvalue weighted by molar-refractivity contribution is 7.98. The summed E-state index contributed by atoms with van der Waals surface area (Å²) in [7, 11) is 0. The maximum Gasteiger partial charge on any atom is 0.140 e. The molecule has 0 aliphatic carbocycles. The summed E-state index contributed by atoms with van der Waals surface area (Å²) in [6.45, 7) is 1.91. The molecule has 0 radical (unpaired) electrons. The fraction of sp³-hybridized carbons (Fsp3) is 0.200. The van der Waals surface area contributed by atoms with E-state index in [1.165, 1.54) is 0 Å². The van der Waals surface area contributed by atoms with Gasteiger partial charge in [0.1, 0.15) is 11.5 Å². The zero-order chi connectivity index (χ0) is 13.8. The average molecular weight is 294 g/mol. The quantitative estimate of drug-likeness (QED) is 0.817. The van der Waals surface area contributed by atoms with E-state index < -0.39 is 0 Å². The van der Waals surface area contributed by atoms with Crippen LogP contribution in [-0.4, -0.2) is 6.26 Å². The minimum Gasteiger partial charge on any atom is -0.456 e. The first-order valence-electron chi connectivity index (χ1n) is 5.97. The number of benzene rings is 2. The molecule has 1 atom stereocenters.